The van der Waals surface area contributed by atoms with Crippen molar-refractivity contribution in [3.05, 3.63) is 75.1 Å². The normalized spacial score (nSPS) is 10.7. The van der Waals surface area contributed by atoms with Crippen molar-refractivity contribution in [2.45, 2.75) is 33.2 Å². The number of ether oxygens (including phenoxy) is 1. The molecule has 2 heterocycles. The zero-order valence-corrected chi connectivity index (χ0v) is 16.7. The lowest BCUT2D eigenvalue weighted by molar-refractivity contribution is 0.0954. The number of benzene rings is 1. The summed E-state index contributed by atoms with van der Waals surface area (Å²) in [5.41, 5.74) is 2.47. The molecular weight excluding hydrogens is 377 g/mol. The number of halogens is 1. The summed E-state index contributed by atoms with van der Waals surface area (Å²) in [4.78, 5) is 21.9. The molecule has 2 aromatic heterocycles. The molecule has 0 bridgehead atoms. The summed E-state index contributed by atoms with van der Waals surface area (Å²) < 4.78 is 18.7. The number of carbonyl (C=O) groups excluding carboxylic acids is 1. The lowest BCUT2D eigenvalue weighted by Gasteiger charge is -2.10. The number of hydrogen-bond acceptors (Lipinski definition) is 5. The van der Waals surface area contributed by atoms with E-state index in [4.69, 9.17) is 4.74 Å². The SMILES string of the molecule is CCCOc1ncccc1CNC(=O)c1sc(Cc2ccc(F)cc2)nc1C. The molecule has 3 aromatic rings. The fourth-order valence-electron chi connectivity index (χ4n) is 2.66. The van der Waals surface area contributed by atoms with E-state index in [1.807, 2.05) is 26.0 Å². The largest absolute Gasteiger partial charge is 0.477 e. The molecule has 0 aliphatic heterocycles. The molecule has 1 N–H and O–H groups in total. The number of thiazole rings is 1. The first-order chi connectivity index (χ1) is 13.6. The number of aryl methyl sites for hydroxylation is 1. The molecule has 0 atom stereocenters. The van der Waals surface area contributed by atoms with Crippen molar-refractivity contribution in [1.82, 2.24) is 15.3 Å². The third-order valence-electron chi connectivity index (χ3n) is 4.05. The Morgan fingerprint density at radius 1 is 1.25 bits per heavy atom. The number of nitrogens with zero attached hydrogens (tertiary/aromatic N) is 2. The molecule has 0 aliphatic rings. The van der Waals surface area contributed by atoms with Gasteiger partial charge in [-0.05, 0) is 37.1 Å². The second-order valence-corrected chi connectivity index (χ2v) is 7.41. The van der Waals surface area contributed by atoms with Gasteiger partial charge in [-0.1, -0.05) is 25.1 Å². The molecule has 5 nitrogen and oxygen atoms in total. The highest BCUT2D eigenvalue weighted by molar-refractivity contribution is 7.13. The van der Waals surface area contributed by atoms with Crippen LogP contribution in [0.3, 0.4) is 0 Å². The van der Waals surface area contributed by atoms with Crippen molar-refractivity contribution in [3.63, 3.8) is 0 Å². The molecule has 146 valence electrons. The van der Waals surface area contributed by atoms with Gasteiger partial charge < -0.3 is 10.1 Å². The van der Waals surface area contributed by atoms with Gasteiger partial charge in [-0.25, -0.2) is 14.4 Å². The number of hydrogen-bond donors (Lipinski definition) is 1. The van der Waals surface area contributed by atoms with Gasteiger partial charge in [0.25, 0.3) is 5.91 Å². The molecule has 0 unspecified atom stereocenters. The maximum atomic E-state index is 13.0. The first-order valence-electron chi connectivity index (χ1n) is 9.12. The molecule has 28 heavy (non-hydrogen) atoms. The van der Waals surface area contributed by atoms with Crippen LogP contribution >= 0.6 is 11.3 Å². The first-order valence-corrected chi connectivity index (χ1v) is 9.94. The summed E-state index contributed by atoms with van der Waals surface area (Å²) in [6.07, 6.45) is 3.13. The molecular formula is C21H22FN3O2S. The van der Waals surface area contributed by atoms with Crippen LogP contribution in [0.2, 0.25) is 0 Å². The summed E-state index contributed by atoms with van der Waals surface area (Å²) in [5, 5.41) is 3.74. The van der Waals surface area contributed by atoms with Crippen LogP contribution in [0.15, 0.2) is 42.6 Å². The van der Waals surface area contributed by atoms with Gasteiger partial charge in [-0.3, -0.25) is 4.79 Å². The molecule has 0 radical (unpaired) electrons. The number of pyridine rings is 1. The molecule has 1 aromatic carbocycles. The van der Waals surface area contributed by atoms with Crippen LogP contribution in [-0.4, -0.2) is 22.5 Å². The van der Waals surface area contributed by atoms with E-state index in [2.05, 4.69) is 15.3 Å². The zero-order chi connectivity index (χ0) is 19.9. The smallest absolute Gasteiger partial charge is 0.263 e. The number of rotatable bonds is 8. The van der Waals surface area contributed by atoms with Gasteiger partial charge in [-0.2, -0.15) is 0 Å². The average Bonchev–Trinajstić information content (AvgIpc) is 3.07. The van der Waals surface area contributed by atoms with E-state index in [0.717, 1.165) is 22.6 Å². The Bertz CT molecular complexity index is 941. The van der Waals surface area contributed by atoms with Crippen molar-refractivity contribution in [2.75, 3.05) is 6.61 Å². The summed E-state index contributed by atoms with van der Waals surface area (Å²) in [6, 6.07) is 10.0. The molecule has 0 spiro atoms. The lowest BCUT2D eigenvalue weighted by Crippen LogP contribution is -2.23. The number of amides is 1. The average molecular weight is 399 g/mol. The van der Waals surface area contributed by atoms with E-state index in [1.54, 1.807) is 18.3 Å². The number of aromatic nitrogens is 2. The van der Waals surface area contributed by atoms with Gasteiger partial charge in [0.15, 0.2) is 0 Å². The van der Waals surface area contributed by atoms with Gasteiger partial charge in [0.2, 0.25) is 5.88 Å². The summed E-state index contributed by atoms with van der Waals surface area (Å²) in [5.74, 6) is 0.102. The van der Waals surface area contributed by atoms with Crippen molar-refractivity contribution in [2.24, 2.45) is 0 Å². The Morgan fingerprint density at radius 3 is 2.79 bits per heavy atom. The van der Waals surface area contributed by atoms with Gasteiger partial charge in [0, 0.05) is 24.7 Å². The van der Waals surface area contributed by atoms with Gasteiger partial charge in [0.05, 0.1) is 17.3 Å². The van der Waals surface area contributed by atoms with Crippen molar-refractivity contribution in [3.8, 4) is 5.88 Å². The third kappa shape index (κ3) is 5.13. The number of carbonyl (C=O) groups is 1. The molecule has 0 fully saturated rings. The van der Waals surface area contributed by atoms with Crippen molar-refractivity contribution < 1.29 is 13.9 Å². The second-order valence-electron chi connectivity index (χ2n) is 6.32. The Hall–Kier alpha value is -2.80. The van der Waals surface area contributed by atoms with Crippen LogP contribution in [0.4, 0.5) is 4.39 Å². The highest BCUT2D eigenvalue weighted by Gasteiger charge is 2.16. The molecule has 0 aliphatic carbocycles. The van der Waals surface area contributed by atoms with E-state index < -0.39 is 0 Å². The quantitative estimate of drug-likeness (QED) is 0.614. The van der Waals surface area contributed by atoms with Crippen LogP contribution in [0, 0.1) is 12.7 Å². The fraction of sp³-hybridized carbons (Fsp3) is 0.286. The van der Waals surface area contributed by atoms with Crippen LogP contribution in [-0.2, 0) is 13.0 Å². The van der Waals surface area contributed by atoms with E-state index in [1.165, 1.54) is 23.5 Å². The highest BCUT2D eigenvalue weighted by Crippen LogP contribution is 2.22. The van der Waals surface area contributed by atoms with Gasteiger partial charge >= 0.3 is 0 Å². The Kier molecular flexibility index (Phi) is 6.71. The Morgan fingerprint density at radius 2 is 2.04 bits per heavy atom. The monoisotopic (exact) mass is 399 g/mol. The zero-order valence-electron chi connectivity index (χ0n) is 15.9. The summed E-state index contributed by atoms with van der Waals surface area (Å²) >= 11 is 1.36. The molecule has 1 amide bonds. The summed E-state index contributed by atoms with van der Waals surface area (Å²) in [7, 11) is 0. The van der Waals surface area contributed by atoms with Crippen LogP contribution in [0.1, 0.15) is 44.8 Å². The fourth-order valence-corrected chi connectivity index (χ4v) is 3.67. The number of nitrogens with one attached hydrogen (secondary N) is 1. The van der Waals surface area contributed by atoms with Crippen LogP contribution < -0.4 is 10.1 Å². The van der Waals surface area contributed by atoms with E-state index in [0.29, 0.717) is 36.0 Å². The van der Waals surface area contributed by atoms with Gasteiger partial charge in [0.1, 0.15) is 10.7 Å². The Balaban J connectivity index is 1.65. The van der Waals surface area contributed by atoms with Gasteiger partial charge in [-0.15, -0.1) is 11.3 Å². The molecule has 0 saturated carbocycles. The topological polar surface area (TPSA) is 64.1 Å². The van der Waals surface area contributed by atoms with E-state index in [9.17, 15) is 9.18 Å². The van der Waals surface area contributed by atoms with Crippen molar-refractivity contribution >= 4 is 17.2 Å². The van der Waals surface area contributed by atoms with E-state index >= 15 is 0 Å². The van der Waals surface area contributed by atoms with Crippen LogP contribution in [0.5, 0.6) is 5.88 Å². The predicted molar refractivity (Wildman–Crippen MR) is 107 cm³/mol. The van der Waals surface area contributed by atoms with Crippen LogP contribution in [0.25, 0.3) is 0 Å². The third-order valence-corrected chi connectivity index (χ3v) is 5.20. The second kappa shape index (κ2) is 9.41. The highest BCUT2D eigenvalue weighted by atomic mass is 32.1. The maximum Gasteiger partial charge on any atom is 0.263 e. The summed E-state index contributed by atoms with van der Waals surface area (Å²) in [6.45, 7) is 4.76. The standard InChI is InChI=1S/C21H22FN3O2S/c1-3-11-27-21-16(5-4-10-23-21)13-24-20(26)19-14(2)25-18(28-19)12-15-6-8-17(22)9-7-15/h4-10H,3,11-13H2,1-2H3,(H,24,26). The minimum absolute atomic E-state index is 0.175. The molecule has 7 heteroatoms. The molecule has 3 rings (SSSR count). The predicted octanol–water partition coefficient (Wildman–Crippen LogP) is 4.30. The van der Waals surface area contributed by atoms with E-state index in [-0.39, 0.29) is 11.7 Å². The minimum atomic E-state index is -0.267. The maximum absolute atomic E-state index is 13.0. The Labute approximate surface area is 167 Å². The minimum Gasteiger partial charge on any atom is -0.477 e. The first kappa shape index (κ1) is 19.9. The molecule has 0 saturated heterocycles. The lowest BCUT2D eigenvalue weighted by atomic mass is 10.1. The van der Waals surface area contributed by atoms with Crippen molar-refractivity contribution in [1.29, 1.82) is 0 Å².